The van der Waals surface area contributed by atoms with Gasteiger partial charge in [-0.2, -0.15) is 0 Å². The van der Waals surface area contributed by atoms with E-state index in [1.54, 1.807) is 0 Å². The van der Waals surface area contributed by atoms with Crippen LogP contribution in [0.25, 0.3) is 0 Å². The van der Waals surface area contributed by atoms with Crippen LogP contribution in [0.3, 0.4) is 0 Å². The number of rotatable bonds is 61. The van der Waals surface area contributed by atoms with E-state index in [9.17, 15) is 14.4 Å². The molecule has 6 heteroatoms. The van der Waals surface area contributed by atoms with Gasteiger partial charge in [0.25, 0.3) is 0 Å². The molecule has 0 rings (SSSR count). The fraction of sp³-hybridized carbons (Fsp3) is 0.924. The third-order valence-corrected chi connectivity index (χ3v) is 15.0. The van der Waals surface area contributed by atoms with Gasteiger partial charge >= 0.3 is 17.9 Å². The predicted octanol–water partition coefficient (Wildman–Crippen LogP) is 22.1. The molecule has 0 aromatic carbocycles. The molecule has 0 bridgehead atoms. The predicted molar refractivity (Wildman–Crippen MR) is 312 cm³/mol. The summed E-state index contributed by atoms with van der Waals surface area (Å²) in [6.45, 7) is 6.67. The molecule has 0 aliphatic heterocycles. The highest BCUT2D eigenvalue weighted by Gasteiger charge is 2.19. The van der Waals surface area contributed by atoms with Crippen molar-refractivity contribution in [2.75, 3.05) is 13.2 Å². The lowest BCUT2D eigenvalue weighted by molar-refractivity contribution is -0.167. The normalized spacial score (nSPS) is 12.0. The summed E-state index contributed by atoms with van der Waals surface area (Å²) < 4.78 is 16.9. The Kier molecular flexibility index (Phi) is 60.1. The van der Waals surface area contributed by atoms with E-state index in [1.165, 1.54) is 270 Å². The van der Waals surface area contributed by atoms with Gasteiger partial charge in [0.15, 0.2) is 6.10 Å². The standard InChI is InChI=1S/C66H126O6/c1-4-7-10-13-16-19-22-24-26-28-30-31-32-33-34-35-36-38-39-41-44-47-50-53-56-59-65(68)71-62-63(61-70-64(67)58-55-52-49-46-43-21-18-15-12-9-6-3)72-66(69)60-57-54-51-48-45-42-40-37-29-27-25-23-20-17-14-11-8-5-2/h15,18,63H,4-14,16-17,19-62H2,1-3H3/b18-15-. The van der Waals surface area contributed by atoms with E-state index in [4.69, 9.17) is 14.2 Å². The summed E-state index contributed by atoms with van der Waals surface area (Å²) >= 11 is 0. The molecule has 72 heavy (non-hydrogen) atoms. The minimum Gasteiger partial charge on any atom is -0.462 e. The Balaban J connectivity index is 4.16. The summed E-state index contributed by atoms with van der Waals surface area (Å²) in [5, 5.41) is 0. The molecular formula is C66H126O6. The number of hydrogen-bond acceptors (Lipinski definition) is 6. The van der Waals surface area contributed by atoms with Gasteiger partial charge in [-0.05, 0) is 38.5 Å². The summed E-state index contributed by atoms with van der Waals surface area (Å²) in [6, 6.07) is 0. The molecule has 0 fully saturated rings. The zero-order chi connectivity index (χ0) is 52.2. The summed E-state index contributed by atoms with van der Waals surface area (Å²) in [7, 11) is 0. The second kappa shape index (κ2) is 61.7. The number of allylic oxidation sites excluding steroid dienone is 2. The molecule has 0 spiro atoms. The number of ether oxygens (including phenoxy) is 3. The van der Waals surface area contributed by atoms with Crippen molar-refractivity contribution in [3.63, 3.8) is 0 Å². The van der Waals surface area contributed by atoms with Gasteiger partial charge in [0, 0.05) is 19.3 Å². The molecule has 0 aromatic rings. The minimum atomic E-state index is -0.768. The molecule has 0 aliphatic carbocycles. The Morgan fingerprint density at radius 3 is 0.736 bits per heavy atom. The average Bonchev–Trinajstić information content (AvgIpc) is 3.38. The number of esters is 3. The third-order valence-electron chi connectivity index (χ3n) is 15.0. The van der Waals surface area contributed by atoms with Gasteiger partial charge < -0.3 is 14.2 Å². The van der Waals surface area contributed by atoms with Gasteiger partial charge in [-0.3, -0.25) is 14.4 Å². The molecule has 426 valence electrons. The van der Waals surface area contributed by atoms with Crippen molar-refractivity contribution >= 4 is 17.9 Å². The number of carbonyl (C=O) groups is 3. The van der Waals surface area contributed by atoms with Crippen LogP contribution in [-0.4, -0.2) is 37.2 Å². The lowest BCUT2D eigenvalue weighted by atomic mass is 10.0. The first-order valence-corrected chi connectivity index (χ1v) is 32.7. The van der Waals surface area contributed by atoms with Crippen molar-refractivity contribution in [1.82, 2.24) is 0 Å². The first-order chi connectivity index (χ1) is 35.5. The van der Waals surface area contributed by atoms with Gasteiger partial charge in [0.1, 0.15) is 13.2 Å². The van der Waals surface area contributed by atoms with E-state index >= 15 is 0 Å². The topological polar surface area (TPSA) is 78.9 Å². The van der Waals surface area contributed by atoms with Crippen LogP contribution in [0.4, 0.5) is 0 Å². The lowest BCUT2D eigenvalue weighted by Crippen LogP contribution is -2.30. The Hall–Kier alpha value is -1.85. The van der Waals surface area contributed by atoms with Crippen LogP contribution in [0, 0.1) is 0 Å². The summed E-state index contributed by atoms with van der Waals surface area (Å²) in [5.74, 6) is -0.847. The first kappa shape index (κ1) is 70.1. The number of unbranched alkanes of at least 4 members (excludes halogenated alkanes) is 48. The highest BCUT2D eigenvalue weighted by molar-refractivity contribution is 5.71. The molecule has 6 nitrogen and oxygen atoms in total. The quantitative estimate of drug-likeness (QED) is 0.0261. The van der Waals surface area contributed by atoms with E-state index in [2.05, 4.69) is 32.9 Å². The fourth-order valence-corrected chi connectivity index (χ4v) is 10.1. The Labute approximate surface area is 450 Å². The summed E-state index contributed by atoms with van der Waals surface area (Å²) in [6.07, 6.45) is 72.4. The van der Waals surface area contributed by atoms with Crippen molar-refractivity contribution in [1.29, 1.82) is 0 Å². The monoisotopic (exact) mass is 1010 g/mol. The second-order valence-electron chi connectivity index (χ2n) is 22.4. The highest BCUT2D eigenvalue weighted by atomic mass is 16.6. The molecule has 0 amide bonds. The third kappa shape index (κ3) is 59.0. The van der Waals surface area contributed by atoms with Crippen molar-refractivity contribution in [3.8, 4) is 0 Å². The SMILES string of the molecule is CCCC/C=C\CCCCCCCC(=O)OCC(COC(=O)CCCCCCCCCCCCCCCCCCCCCCCCCCC)OC(=O)CCCCCCCCCCCCCCCCCCCC. The molecule has 1 atom stereocenters. The smallest absolute Gasteiger partial charge is 0.306 e. The molecule has 0 radical (unpaired) electrons. The Bertz CT molecular complexity index is 1120. The highest BCUT2D eigenvalue weighted by Crippen LogP contribution is 2.19. The van der Waals surface area contributed by atoms with Crippen LogP contribution in [-0.2, 0) is 28.6 Å². The Morgan fingerprint density at radius 2 is 0.472 bits per heavy atom. The van der Waals surface area contributed by atoms with Gasteiger partial charge in [-0.15, -0.1) is 0 Å². The number of carbonyl (C=O) groups excluding carboxylic acids is 3. The molecule has 0 N–H and O–H groups in total. The van der Waals surface area contributed by atoms with Crippen molar-refractivity contribution < 1.29 is 28.6 Å². The maximum absolute atomic E-state index is 12.9. The molecule has 0 saturated heterocycles. The number of hydrogen-bond donors (Lipinski definition) is 0. The van der Waals surface area contributed by atoms with E-state index < -0.39 is 6.10 Å². The zero-order valence-electron chi connectivity index (χ0n) is 49.0. The van der Waals surface area contributed by atoms with E-state index in [0.29, 0.717) is 19.3 Å². The minimum absolute atomic E-state index is 0.0662. The molecule has 1 unspecified atom stereocenters. The molecule has 0 aromatic heterocycles. The van der Waals surface area contributed by atoms with Crippen LogP contribution < -0.4 is 0 Å². The molecule has 0 saturated carbocycles. The van der Waals surface area contributed by atoms with E-state index in [1.807, 2.05) is 0 Å². The van der Waals surface area contributed by atoms with Crippen LogP contribution in [0.5, 0.6) is 0 Å². The van der Waals surface area contributed by atoms with Crippen molar-refractivity contribution in [2.24, 2.45) is 0 Å². The molecular weight excluding hydrogens is 889 g/mol. The van der Waals surface area contributed by atoms with Crippen LogP contribution in [0.1, 0.15) is 374 Å². The van der Waals surface area contributed by atoms with Crippen LogP contribution in [0.15, 0.2) is 12.2 Å². The second-order valence-corrected chi connectivity index (χ2v) is 22.4. The van der Waals surface area contributed by atoms with Gasteiger partial charge in [-0.25, -0.2) is 0 Å². The Morgan fingerprint density at radius 1 is 0.264 bits per heavy atom. The lowest BCUT2D eigenvalue weighted by Gasteiger charge is -2.18. The molecule has 0 aliphatic rings. The van der Waals surface area contributed by atoms with E-state index in [0.717, 1.165) is 64.2 Å². The van der Waals surface area contributed by atoms with Crippen molar-refractivity contribution in [3.05, 3.63) is 12.2 Å². The van der Waals surface area contributed by atoms with Crippen LogP contribution in [0.2, 0.25) is 0 Å². The zero-order valence-corrected chi connectivity index (χ0v) is 49.0. The largest absolute Gasteiger partial charge is 0.462 e. The maximum Gasteiger partial charge on any atom is 0.306 e. The van der Waals surface area contributed by atoms with E-state index in [-0.39, 0.29) is 31.1 Å². The molecule has 0 heterocycles. The van der Waals surface area contributed by atoms with Crippen LogP contribution >= 0.6 is 0 Å². The van der Waals surface area contributed by atoms with Gasteiger partial charge in [0.2, 0.25) is 0 Å². The average molecular weight is 1020 g/mol. The first-order valence-electron chi connectivity index (χ1n) is 32.7. The van der Waals surface area contributed by atoms with Gasteiger partial charge in [0.05, 0.1) is 0 Å². The van der Waals surface area contributed by atoms with Crippen molar-refractivity contribution in [2.45, 2.75) is 380 Å². The summed E-state index contributed by atoms with van der Waals surface area (Å²) in [5.41, 5.74) is 0. The van der Waals surface area contributed by atoms with Gasteiger partial charge in [-0.1, -0.05) is 328 Å². The summed E-state index contributed by atoms with van der Waals surface area (Å²) in [4.78, 5) is 38.2. The fourth-order valence-electron chi connectivity index (χ4n) is 10.1. The maximum atomic E-state index is 12.9.